The molecule has 0 aliphatic heterocycles. The Labute approximate surface area is 240 Å². The summed E-state index contributed by atoms with van der Waals surface area (Å²) in [7, 11) is -3.69. The molecule has 7 nitrogen and oxygen atoms in total. The smallest absolute Gasteiger partial charge is 0.242 e. The zero-order valence-electron chi connectivity index (χ0n) is 21.6. The molecule has 1 aliphatic rings. The maximum Gasteiger partial charge on any atom is 0.242 e. The van der Waals surface area contributed by atoms with Crippen LogP contribution in [-0.2, 0) is 26.2 Å². The van der Waals surface area contributed by atoms with Crippen molar-refractivity contribution in [2.45, 2.75) is 70.5 Å². The molecule has 2 aromatic carbocycles. The van der Waals surface area contributed by atoms with Crippen LogP contribution in [0.25, 0.3) is 0 Å². The molecule has 1 fully saturated rings. The zero-order valence-corrected chi connectivity index (χ0v) is 24.7. The Balaban J connectivity index is 1.75. The Bertz CT molecular complexity index is 1240. The van der Waals surface area contributed by atoms with Gasteiger partial charge in [-0.15, -0.1) is 0 Å². The SMILES string of the molecule is C[C@H](C(=O)NC1CCCCC1)N(Cc1ccccc1Cl)C(=O)CCCN(c1cc(Cl)ccc1Cl)S(C)(=O)=O. The Kier molecular flexibility index (Phi) is 11.2. The monoisotopic (exact) mass is 601 g/mol. The van der Waals surface area contributed by atoms with Gasteiger partial charge in [-0.05, 0) is 56.0 Å². The molecule has 2 aromatic rings. The van der Waals surface area contributed by atoms with Gasteiger partial charge < -0.3 is 10.2 Å². The van der Waals surface area contributed by atoms with Crippen molar-refractivity contribution in [2.75, 3.05) is 17.1 Å². The molecule has 2 amide bonds. The molecule has 1 atom stereocenters. The number of anilines is 1. The summed E-state index contributed by atoms with van der Waals surface area (Å²) in [5, 5.41) is 4.19. The Morgan fingerprint density at radius 2 is 1.71 bits per heavy atom. The number of hydrogen-bond acceptors (Lipinski definition) is 4. The number of carbonyl (C=O) groups is 2. The number of hydrogen-bond donors (Lipinski definition) is 1. The van der Waals surface area contributed by atoms with Crippen LogP contribution < -0.4 is 9.62 Å². The van der Waals surface area contributed by atoms with Gasteiger partial charge in [0, 0.05) is 35.6 Å². The summed E-state index contributed by atoms with van der Waals surface area (Å²) in [4.78, 5) is 28.1. The number of nitrogens with one attached hydrogen (secondary N) is 1. The van der Waals surface area contributed by atoms with Crippen molar-refractivity contribution in [3.8, 4) is 0 Å². The van der Waals surface area contributed by atoms with Crippen molar-refractivity contribution >= 4 is 62.3 Å². The van der Waals surface area contributed by atoms with Crippen LogP contribution in [0, 0.1) is 0 Å². The molecule has 0 heterocycles. The van der Waals surface area contributed by atoms with E-state index in [1.165, 1.54) is 23.5 Å². The van der Waals surface area contributed by atoms with Crippen LogP contribution in [0.5, 0.6) is 0 Å². The van der Waals surface area contributed by atoms with Gasteiger partial charge in [0.1, 0.15) is 6.04 Å². The molecule has 38 heavy (non-hydrogen) atoms. The normalized spacial score (nSPS) is 15.1. The average molecular weight is 603 g/mol. The molecule has 0 bridgehead atoms. The second-order valence-electron chi connectivity index (χ2n) is 9.67. The van der Waals surface area contributed by atoms with Crippen molar-refractivity contribution in [1.82, 2.24) is 10.2 Å². The molecule has 0 radical (unpaired) electrons. The lowest BCUT2D eigenvalue weighted by atomic mass is 9.95. The van der Waals surface area contributed by atoms with Crippen LogP contribution in [-0.4, -0.2) is 50.0 Å². The third-order valence-electron chi connectivity index (χ3n) is 6.75. The Morgan fingerprint density at radius 1 is 1.03 bits per heavy atom. The summed E-state index contributed by atoms with van der Waals surface area (Å²) in [6.07, 6.45) is 6.51. The third-order valence-corrected chi connectivity index (χ3v) is 8.85. The van der Waals surface area contributed by atoms with Crippen molar-refractivity contribution in [3.05, 3.63) is 63.1 Å². The number of halogens is 3. The Morgan fingerprint density at radius 3 is 2.37 bits per heavy atom. The molecule has 1 N–H and O–H groups in total. The fourth-order valence-corrected chi connectivity index (χ4v) is 6.22. The van der Waals surface area contributed by atoms with E-state index in [1.807, 2.05) is 12.1 Å². The quantitative estimate of drug-likeness (QED) is 0.339. The predicted molar refractivity (Wildman–Crippen MR) is 154 cm³/mol. The molecule has 0 aromatic heterocycles. The number of carbonyl (C=O) groups excluding carboxylic acids is 2. The highest BCUT2D eigenvalue weighted by atomic mass is 35.5. The van der Waals surface area contributed by atoms with E-state index >= 15 is 0 Å². The van der Waals surface area contributed by atoms with Crippen molar-refractivity contribution in [1.29, 1.82) is 0 Å². The lowest BCUT2D eigenvalue weighted by molar-refractivity contribution is -0.141. The molecule has 208 valence electrons. The van der Waals surface area contributed by atoms with Crippen LogP contribution in [0.2, 0.25) is 15.1 Å². The van der Waals surface area contributed by atoms with Gasteiger partial charge in [-0.3, -0.25) is 13.9 Å². The lowest BCUT2D eigenvalue weighted by Gasteiger charge is -2.32. The van der Waals surface area contributed by atoms with Crippen molar-refractivity contribution in [2.24, 2.45) is 0 Å². The van der Waals surface area contributed by atoms with Crippen LogP contribution >= 0.6 is 34.8 Å². The first-order valence-corrected chi connectivity index (χ1v) is 15.7. The first-order valence-electron chi connectivity index (χ1n) is 12.7. The number of benzene rings is 2. The highest BCUT2D eigenvalue weighted by Gasteiger charge is 2.29. The number of nitrogens with zero attached hydrogens (tertiary/aromatic N) is 2. The summed E-state index contributed by atoms with van der Waals surface area (Å²) < 4.78 is 26.2. The van der Waals surface area contributed by atoms with Crippen LogP contribution in [0.4, 0.5) is 5.69 Å². The Hall–Kier alpha value is -2.00. The maximum atomic E-state index is 13.5. The second-order valence-corrected chi connectivity index (χ2v) is 12.8. The summed E-state index contributed by atoms with van der Waals surface area (Å²) in [6.45, 7) is 1.89. The first-order chi connectivity index (χ1) is 18.0. The molecule has 11 heteroatoms. The summed E-state index contributed by atoms with van der Waals surface area (Å²) in [6, 6.07) is 11.2. The standard InChI is InChI=1S/C27H34Cl3N3O4S/c1-19(27(35)31-22-10-4-3-5-11-22)32(18-20-9-6-7-12-23(20)29)26(34)13-8-16-33(38(2,36)37)25-17-21(28)14-15-24(25)30/h6-7,9,12,14-15,17,19,22H,3-5,8,10-11,13,16,18H2,1-2H3,(H,31,35)/t19-/m1/s1. The minimum absolute atomic E-state index is 0.0211. The summed E-state index contributed by atoms with van der Waals surface area (Å²) in [5.41, 5.74) is 0.977. The van der Waals surface area contributed by atoms with E-state index in [0.717, 1.165) is 41.8 Å². The third kappa shape index (κ3) is 8.50. The van der Waals surface area contributed by atoms with Crippen LogP contribution in [0.3, 0.4) is 0 Å². The average Bonchev–Trinajstić information content (AvgIpc) is 2.87. The highest BCUT2D eigenvalue weighted by Crippen LogP contribution is 2.31. The topological polar surface area (TPSA) is 86.8 Å². The van der Waals surface area contributed by atoms with E-state index in [-0.39, 0.29) is 54.5 Å². The highest BCUT2D eigenvalue weighted by molar-refractivity contribution is 7.92. The van der Waals surface area contributed by atoms with E-state index in [9.17, 15) is 18.0 Å². The first kappa shape index (κ1) is 30.5. The van der Waals surface area contributed by atoms with E-state index in [0.29, 0.717) is 10.0 Å². The molecule has 0 spiro atoms. The fraction of sp³-hybridized carbons (Fsp3) is 0.481. The zero-order chi connectivity index (χ0) is 27.9. The number of amides is 2. The molecular formula is C27H34Cl3N3O4S. The summed E-state index contributed by atoms with van der Waals surface area (Å²) >= 11 is 18.7. The molecular weight excluding hydrogens is 569 g/mol. The molecule has 3 rings (SSSR count). The largest absolute Gasteiger partial charge is 0.352 e. The van der Waals surface area contributed by atoms with E-state index < -0.39 is 16.1 Å². The predicted octanol–water partition coefficient (Wildman–Crippen LogP) is 6.06. The van der Waals surface area contributed by atoms with Gasteiger partial charge in [-0.1, -0.05) is 72.3 Å². The van der Waals surface area contributed by atoms with Crippen LogP contribution in [0.15, 0.2) is 42.5 Å². The number of sulfonamides is 1. The van der Waals surface area contributed by atoms with Crippen LogP contribution in [0.1, 0.15) is 57.4 Å². The lowest BCUT2D eigenvalue weighted by Crippen LogP contribution is -2.50. The second kappa shape index (κ2) is 13.9. The minimum Gasteiger partial charge on any atom is -0.352 e. The maximum absolute atomic E-state index is 13.5. The fourth-order valence-electron chi connectivity index (χ4n) is 4.62. The molecule has 0 saturated heterocycles. The van der Waals surface area contributed by atoms with E-state index in [4.69, 9.17) is 34.8 Å². The molecule has 1 saturated carbocycles. The van der Waals surface area contributed by atoms with Gasteiger partial charge in [-0.2, -0.15) is 0 Å². The number of rotatable bonds is 11. The minimum atomic E-state index is -3.69. The van der Waals surface area contributed by atoms with Gasteiger partial charge in [0.25, 0.3) is 0 Å². The summed E-state index contributed by atoms with van der Waals surface area (Å²) in [5.74, 6) is -0.484. The van der Waals surface area contributed by atoms with E-state index in [1.54, 1.807) is 25.1 Å². The van der Waals surface area contributed by atoms with E-state index in [2.05, 4.69) is 5.32 Å². The van der Waals surface area contributed by atoms with Gasteiger partial charge in [-0.25, -0.2) is 8.42 Å². The van der Waals surface area contributed by atoms with Crippen molar-refractivity contribution < 1.29 is 18.0 Å². The molecule has 1 aliphatic carbocycles. The van der Waals surface area contributed by atoms with Gasteiger partial charge >= 0.3 is 0 Å². The van der Waals surface area contributed by atoms with Crippen molar-refractivity contribution in [3.63, 3.8) is 0 Å². The van der Waals surface area contributed by atoms with Gasteiger partial charge in [0.05, 0.1) is 17.0 Å². The molecule has 0 unspecified atom stereocenters. The van der Waals surface area contributed by atoms with Gasteiger partial charge in [0.2, 0.25) is 21.8 Å². The van der Waals surface area contributed by atoms with Gasteiger partial charge in [0.15, 0.2) is 0 Å².